The quantitative estimate of drug-likeness (QED) is 0.127. The molecule has 0 unspecified atom stereocenters. The first-order valence-corrected chi connectivity index (χ1v) is 11.1. The number of rotatable bonds is 7. The van der Waals surface area contributed by atoms with Crippen LogP contribution in [0.3, 0.4) is 0 Å². The fourth-order valence-corrected chi connectivity index (χ4v) is 3.35. The largest absolute Gasteiger partial charge is 0.494 e. The average Bonchev–Trinajstić information content (AvgIpc) is 2.76. The Morgan fingerprint density at radius 3 is 2.66 bits per heavy atom. The minimum absolute atomic E-state index is 0.284. The van der Waals surface area contributed by atoms with Crippen molar-refractivity contribution in [2.75, 3.05) is 11.9 Å². The normalized spacial score (nSPS) is 10.6. The first-order valence-electron chi connectivity index (χ1n) is 9.55. The molecule has 3 rings (SSSR count). The van der Waals surface area contributed by atoms with Crippen LogP contribution in [0.5, 0.6) is 11.5 Å². The summed E-state index contributed by atoms with van der Waals surface area (Å²) in [4.78, 5) is 12.6. The average molecular weight is 533 g/mol. The third-order valence-corrected chi connectivity index (χ3v) is 4.95. The highest BCUT2D eigenvalue weighted by Gasteiger charge is 2.12. The number of carbonyl (C=O) groups excluding carboxylic acids is 1. The number of carbonyl (C=O) groups is 1. The van der Waals surface area contributed by atoms with Crippen LogP contribution in [0, 0.1) is 0 Å². The van der Waals surface area contributed by atoms with E-state index in [-0.39, 0.29) is 5.11 Å². The predicted molar refractivity (Wildman–Crippen MR) is 135 cm³/mol. The molecule has 0 bridgehead atoms. The molecule has 0 aromatic heterocycles. The summed E-state index contributed by atoms with van der Waals surface area (Å²) in [7, 11) is 0. The Balaban J connectivity index is 1.66. The van der Waals surface area contributed by atoms with E-state index in [9.17, 15) is 4.79 Å². The molecule has 164 valence electrons. The number of anilines is 1. The maximum atomic E-state index is 12.6. The number of hydrogen-bond acceptors (Lipinski definition) is 5. The van der Waals surface area contributed by atoms with Crippen LogP contribution in [0.25, 0.3) is 0 Å². The molecule has 0 aliphatic carbocycles. The van der Waals surface area contributed by atoms with Crippen LogP contribution in [0.1, 0.15) is 22.8 Å². The van der Waals surface area contributed by atoms with Gasteiger partial charge in [0.25, 0.3) is 0 Å². The number of hydrogen-bond donors (Lipinski definition) is 2. The van der Waals surface area contributed by atoms with E-state index in [1.807, 2.05) is 19.1 Å². The molecule has 0 saturated carbocycles. The molecule has 0 heterocycles. The molecule has 2 N–H and O–H groups in total. The summed E-state index contributed by atoms with van der Waals surface area (Å²) >= 11 is 14.6. The highest BCUT2D eigenvalue weighted by Crippen LogP contribution is 2.23. The molecular weight excluding hydrogens is 514 g/mol. The van der Waals surface area contributed by atoms with Gasteiger partial charge >= 0.3 is 5.97 Å². The Morgan fingerprint density at radius 1 is 1.16 bits per heavy atom. The Kier molecular flexibility index (Phi) is 8.61. The number of halogens is 2. The zero-order valence-corrected chi connectivity index (χ0v) is 20.1. The van der Waals surface area contributed by atoms with Gasteiger partial charge in [-0.15, -0.1) is 0 Å². The van der Waals surface area contributed by atoms with Crippen LogP contribution >= 0.6 is 39.7 Å². The maximum absolute atomic E-state index is 12.6. The number of benzene rings is 3. The van der Waals surface area contributed by atoms with Crippen LogP contribution in [-0.2, 0) is 0 Å². The van der Waals surface area contributed by atoms with E-state index >= 15 is 0 Å². The Morgan fingerprint density at radius 2 is 1.94 bits per heavy atom. The van der Waals surface area contributed by atoms with E-state index in [0.29, 0.717) is 34.3 Å². The summed E-state index contributed by atoms with van der Waals surface area (Å²) in [5.74, 6) is 0.552. The molecule has 0 aliphatic heterocycles. The molecule has 0 amide bonds. The molecule has 32 heavy (non-hydrogen) atoms. The number of ether oxygens (including phenoxy) is 2. The summed E-state index contributed by atoms with van der Waals surface area (Å²) in [6.07, 6.45) is 1.51. The van der Waals surface area contributed by atoms with E-state index in [1.54, 1.807) is 54.6 Å². The van der Waals surface area contributed by atoms with Crippen molar-refractivity contribution >= 4 is 62.7 Å². The molecule has 9 heteroatoms. The van der Waals surface area contributed by atoms with Crippen LogP contribution in [0.2, 0.25) is 5.02 Å². The van der Waals surface area contributed by atoms with Crippen molar-refractivity contribution in [2.45, 2.75) is 6.92 Å². The molecule has 6 nitrogen and oxygen atoms in total. The number of esters is 1. The molecule has 3 aromatic rings. The van der Waals surface area contributed by atoms with Crippen molar-refractivity contribution in [2.24, 2.45) is 5.10 Å². The van der Waals surface area contributed by atoms with E-state index < -0.39 is 5.97 Å². The van der Waals surface area contributed by atoms with Gasteiger partial charge in [0.1, 0.15) is 11.5 Å². The second kappa shape index (κ2) is 11.6. The summed E-state index contributed by atoms with van der Waals surface area (Å²) in [6.45, 7) is 2.45. The van der Waals surface area contributed by atoms with E-state index in [1.165, 1.54) is 6.21 Å². The van der Waals surface area contributed by atoms with Gasteiger partial charge in [0.05, 0.1) is 18.4 Å². The van der Waals surface area contributed by atoms with E-state index in [4.69, 9.17) is 33.3 Å². The second-order valence-corrected chi connectivity index (χ2v) is 8.12. The van der Waals surface area contributed by atoms with Crippen LogP contribution in [0.15, 0.2) is 76.3 Å². The number of nitrogens with zero attached hydrogens (tertiary/aromatic N) is 1. The molecule has 0 fully saturated rings. The van der Waals surface area contributed by atoms with Crippen LogP contribution in [0.4, 0.5) is 5.69 Å². The predicted octanol–water partition coefficient (Wildman–Crippen LogP) is 6.04. The standard InChI is InChI=1S/C23H19BrClN3O3S/c1-2-30-20-9-6-15(7-10-20)22(29)31-21-11-8-17(24)12-16(21)14-26-28-23(32)27-19-5-3-4-18(25)13-19/h3-14H,2H2,1H3,(H2,27,28,32)/b26-14-. The van der Waals surface area contributed by atoms with Gasteiger partial charge in [0, 0.05) is 20.7 Å². The highest BCUT2D eigenvalue weighted by atomic mass is 79.9. The Bertz CT molecular complexity index is 1140. The molecular formula is C23H19BrClN3O3S. The maximum Gasteiger partial charge on any atom is 0.343 e. The van der Waals surface area contributed by atoms with Gasteiger partial charge in [-0.25, -0.2) is 4.79 Å². The summed E-state index contributed by atoms with van der Waals surface area (Å²) in [5, 5.41) is 7.99. The van der Waals surface area contributed by atoms with Crippen molar-refractivity contribution in [3.05, 3.63) is 87.4 Å². The fraction of sp³-hybridized carbons (Fsp3) is 0.0870. The van der Waals surface area contributed by atoms with Crippen molar-refractivity contribution in [3.63, 3.8) is 0 Å². The lowest BCUT2D eigenvalue weighted by Gasteiger charge is -2.09. The van der Waals surface area contributed by atoms with E-state index in [0.717, 1.165) is 10.2 Å². The van der Waals surface area contributed by atoms with Crippen molar-refractivity contribution in [1.82, 2.24) is 5.43 Å². The molecule has 3 aromatic carbocycles. The van der Waals surface area contributed by atoms with Gasteiger partial charge in [-0.2, -0.15) is 5.10 Å². The fourth-order valence-electron chi connectivity index (χ4n) is 2.61. The SMILES string of the molecule is CCOc1ccc(C(=O)Oc2ccc(Br)cc2/C=N\NC(=S)Nc2cccc(Cl)c2)cc1. The minimum Gasteiger partial charge on any atom is -0.494 e. The lowest BCUT2D eigenvalue weighted by molar-refractivity contribution is 0.0734. The van der Waals surface area contributed by atoms with Crippen molar-refractivity contribution < 1.29 is 14.3 Å². The summed E-state index contributed by atoms with van der Waals surface area (Å²) in [5.41, 5.74) is 4.45. The van der Waals surface area contributed by atoms with Gasteiger partial charge in [-0.3, -0.25) is 5.43 Å². The number of hydrazone groups is 1. The molecule has 0 saturated heterocycles. The minimum atomic E-state index is -0.490. The van der Waals surface area contributed by atoms with Gasteiger partial charge in [-0.1, -0.05) is 33.6 Å². The van der Waals surface area contributed by atoms with Gasteiger partial charge in [0.15, 0.2) is 5.11 Å². The monoisotopic (exact) mass is 531 g/mol. The molecule has 0 radical (unpaired) electrons. The lowest BCUT2D eigenvalue weighted by Crippen LogP contribution is -2.23. The second-order valence-electron chi connectivity index (χ2n) is 6.36. The third kappa shape index (κ3) is 7.05. The summed E-state index contributed by atoms with van der Waals surface area (Å²) in [6, 6.07) is 19.1. The van der Waals surface area contributed by atoms with Crippen LogP contribution in [-0.4, -0.2) is 23.9 Å². The first-order chi connectivity index (χ1) is 15.4. The van der Waals surface area contributed by atoms with Gasteiger partial charge in [-0.05, 0) is 79.8 Å². The van der Waals surface area contributed by atoms with Gasteiger partial charge < -0.3 is 14.8 Å². The third-order valence-electron chi connectivity index (χ3n) is 4.03. The molecule has 0 aliphatic rings. The Hall–Kier alpha value is -2.94. The van der Waals surface area contributed by atoms with Gasteiger partial charge in [0.2, 0.25) is 0 Å². The molecule has 0 atom stereocenters. The van der Waals surface area contributed by atoms with Crippen molar-refractivity contribution in [1.29, 1.82) is 0 Å². The molecule has 0 spiro atoms. The van der Waals surface area contributed by atoms with Crippen molar-refractivity contribution in [3.8, 4) is 11.5 Å². The zero-order valence-electron chi connectivity index (χ0n) is 17.0. The zero-order chi connectivity index (χ0) is 22.9. The first kappa shape index (κ1) is 23.7. The van der Waals surface area contributed by atoms with E-state index in [2.05, 4.69) is 31.8 Å². The van der Waals surface area contributed by atoms with Crippen LogP contribution < -0.4 is 20.2 Å². The summed E-state index contributed by atoms with van der Waals surface area (Å²) < 4.78 is 11.8. The number of thiocarbonyl (C=S) groups is 1. The topological polar surface area (TPSA) is 72.0 Å². The number of nitrogens with one attached hydrogen (secondary N) is 2. The Labute approximate surface area is 204 Å². The smallest absolute Gasteiger partial charge is 0.343 e. The highest BCUT2D eigenvalue weighted by molar-refractivity contribution is 9.10. The lowest BCUT2D eigenvalue weighted by atomic mass is 10.2.